The average Bonchev–Trinajstić information content (AvgIpc) is 4.16. The normalized spacial score (nSPS) is 18.1. The highest BCUT2D eigenvalue weighted by Gasteiger charge is 2.44. The van der Waals surface area contributed by atoms with Gasteiger partial charge in [-0.05, 0) is 101 Å². The molecule has 3 aromatic rings. The van der Waals surface area contributed by atoms with Crippen LogP contribution < -0.4 is 5.32 Å². The molecule has 0 aliphatic carbocycles. The van der Waals surface area contributed by atoms with Gasteiger partial charge < -0.3 is 24.1 Å². The Kier molecular flexibility index (Phi) is 30.8. The van der Waals surface area contributed by atoms with Crippen molar-refractivity contribution in [2.75, 3.05) is 40.9 Å². The fraction of sp³-hybridized carbons (Fsp3) is 0.683. The zero-order valence-electron chi connectivity index (χ0n) is 51.2. The van der Waals surface area contributed by atoms with Crippen molar-refractivity contribution in [3.8, 4) is 11.5 Å². The van der Waals surface area contributed by atoms with Crippen LogP contribution in [0, 0.1) is 35.0 Å². The Balaban J connectivity index is 0.000000401. The lowest BCUT2D eigenvalue weighted by molar-refractivity contribution is -0.142. The van der Waals surface area contributed by atoms with Crippen LogP contribution in [0.3, 0.4) is 0 Å². The van der Waals surface area contributed by atoms with Crippen LogP contribution in [0.1, 0.15) is 179 Å². The van der Waals surface area contributed by atoms with E-state index in [-0.39, 0.29) is 83.2 Å². The molecule has 15 nitrogen and oxygen atoms in total. The van der Waals surface area contributed by atoms with Gasteiger partial charge in [-0.3, -0.25) is 38.6 Å². The van der Waals surface area contributed by atoms with E-state index >= 15 is 0 Å². The number of unbranched alkanes of at least 4 members (excludes halogenated alkanes) is 3. The molecule has 4 amide bonds. The van der Waals surface area contributed by atoms with Crippen molar-refractivity contribution in [1.29, 1.82) is 0 Å². The minimum absolute atomic E-state index is 0.0205. The molecule has 15 heteroatoms. The number of ether oxygens (including phenoxy) is 2. The number of nitrogens with zero attached hydrogens (tertiary/aromatic N) is 5. The van der Waals surface area contributed by atoms with Crippen molar-refractivity contribution in [3.05, 3.63) is 72.1 Å². The summed E-state index contributed by atoms with van der Waals surface area (Å²) in [4.78, 5) is 79.1. The Bertz CT molecular complexity index is 2250. The first kappa shape index (κ1) is 69.0. The number of aromatic nitrogens is 2. The second kappa shape index (κ2) is 34.8. The average molecular weight is 1090 g/mol. The van der Waals surface area contributed by atoms with Crippen molar-refractivity contribution >= 4 is 35.2 Å². The third kappa shape index (κ3) is 21.2. The van der Waals surface area contributed by atoms with Crippen LogP contribution in [0.25, 0.3) is 11.5 Å². The summed E-state index contributed by atoms with van der Waals surface area (Å²) in [5.41, 5.74) is 1.67. The first-order valence-corrected chi connectivity index (χ1v) is 29.0. The highest BCUT2D eigenvalue weighted by molar-refractivity contribution is 6.05. The molecular formula is C63H102N6O9. The van der Waals surface area contributed by atoms with Gasteiger partial charge in [-0.25, -0.2) is 0 Å². The molecule has 1 N–H and O–H groups in total. The van der Waals surface area contributed by atoms with E-state index in [1.165, 1.54) is 17.4 Å². The van der Waals surface area contributed by atoms with Crippen LogP contribution in [0.4, 0.5) is 0 Å². The Hall–Kier alpha value is -5.12. The molecule has 2 saturated heterocycles. The molecule has 3 heterocycles. The van der Waals surface area contributed by atoms with E-state index in [0.717, 1.165) is 70.0 Å². The molecule has 8 unspecified atom stereocenters. The molecule has 0 radical (unpaired) electrons. The standard InChI is InChI=1S/C24H43N3O4.C20H37NO4.C17H16N2O.C2H6/c1-16(2)20(18(5)28)25-22(30)21(17(3)4)26(8)13-11-9-10-12-14-27-19(29)15-24(6,7)23(27)31;1-8-13(2)14(3)18(24-6)12-19(23)21-11-9-10-17(21)20(25-7)15(4)16(5)22;1-13(12-14-8-4-2-5-9-14)16-18-19-17(20-16)15-10-6-3-7-11-15;1-2/h16-17,20-21H,9-15H2,1-8H3,(H,25,30);13-15,17-18,20H,8-12H2,1-7H3;2-11,13H,12H2,1H3;1-2H3/t20-,21?;;;/m0.../s1. The van der Waals surface area contributed by atoms with Gasteiger partial charge in [0.15, 0.2) is 5.78 Å². The number of ketones is 2. The molecule has 438 valence electrons. The second-order valence-corrected chi connectivity index (χ2v) is 22.9. The van der Waals surface area contributed by atoms with Gasteiger partial charge in [-0.15, -0.1) is 10.2 Å². The minimum Gasteiger partial charge on any atom is -0.420 e. The number of rotatable bonds is 27. The third-order valence-electron chi connectivity index (χ3n) is 15.6. The lowest BCUT2D eigenvalue weighted by Gasteiger charge is -2.35. The van der Waals surface area contributed by atoms with E-state index < -0.39 is 11.5 Å². The molecule has 2 aromatic carbocycles. The summed E-state index contributed by atoms with van der Waals surface area (Å²) in [7, 11) is 5.27. The fourth-order valence-corrected chi connectivity index (χ4v) is 10.4. The van der Waals surface area contributed by atoms with Crippen molar-refractivity contribution in [3.63, 3.8) is 0 Å². The summed E-state index contributed by atoms with van der Waals surface area (Å²) < 4.78 is 17.0. The summed E-state index contributed by atoms with van der Waals surface area (Å²) in [6, 6.07) is 19.4. The summed E-state index contributed by atoms with van der Waals surface area (Å²) in [5, 5.41) is 11.2. The number of carbonyl (C=O) groups excluding carboxylic acids is 6. The van der Waals surface area contributed by atoms with Crippen molar-refractivity contribution in [2.24, 2.45) is 35.0 Å². The van der Waals surface area contributed by atoms with Crippen LogP contribution in [0.2, 0.25) is 0 Å². The highest BCUT2D eigenvalue weighted by atomic mass is 16.5. The van der Waals surface area contributed by atoms with E-state index in [1.54, 1.807) is 21.1 Å². The number of carbonyl (C=O) groups is 6. The quantitative estimate of drug-likeness (QED) is 0.0564. The van der Waals surface area contributed by atoms with Gasteiger partial charge in [0.25, 0.3) is 0 Å². The van der Waals surface area contributed by atoms with Gasteiger partial charge in [0.1, 0.15) is 5.78 Å². The number of methoxy groups -OCH3 is 2. The topological polar surface area (TPSA) is 182 Å². The summed E-state index contributed by atoms with van der Waals surface area (Å²) in [6.07, 6.45) is 7.84. The molecule has 9 atom stereocenters. The van der Waals surface area contributed by atoms with Gasteiger partial charge in [-0.2, -0.15) is 0 Å². The Morgan fingerprint density at radius 1 is 0.821 bits per heavy atom. The molecule has 2 fully saturated rings. The number of amides is 4. The summed E-state index contributed by atoms with van der Waals surface area (Å²) in [5.74, 6) is 2.27. The number of nitrogens with one attached hydrogen (secondary N) is 1. The first-order chi connectivity index (χ1) is 36.9. The number of likely N-dealkylation sites (tertiary alicyclic amines) is 2. The maximum Gasteiger partial charge on any atom is 0.247 e. The van der Waals surface area contributed by atoms with Gasteiger partial charge in [0.2, 0.25) is 35.4 Å². The van der Waals surface area contributed by atoms with Crippen LogP contribution in [0.15, 0.2) is 65.1 Å². The lowest BCUT2D eigenvalue weighted by Crippen LogP contribution is -2.53. The van der Waals surface area contributed by atoms with Crippen molar-refractivity contribution in [2.45, 2.75) is 204 Å². The van der Waals surface area contributed by atoms with E-state index in [2.05, 4.69) is 60.2 Å². The second-order valence-electron chi connectivity index (χ2n) is 22.9. The molecule has 0 bridgehead atoms. The number of Topliss-reactive ketones (excluding diaryl/α,β-unsaturated/α-hetero) is 2. The maximum atomic E-state index is 13.0. The monoisotopic (exact) mass is 1090 g/mol. The van der Waals surface area contributed by atoms with E-state index in [9.17, 15) is 28.8 Å². The number of benzene rings is 2. The molecule has 0 saturated carbocycles. The molecular weight excluding hydrogens is 985 g/mol. The summed E-state index contributed by atoms with van der Waals surface area (Å²) in [6.45, 7) is 31.2. The smallest absolute Gasteiger partial charge is 0.247 e. The largest absolute Gasteiger partial charge is 0.420 e. The van der Waals surface area contributed by atoms with Crippen LogP contribution >= 0.6 is 0 Å². The number of likely N-dealkylation sites (N-methyl/N-ethyl adjacent to an activating group) is 1. The number of hydrogen-bond acceptors (Lipinski definition) is 12. The Morgan fingerprint density at radius 3 is 1.94 bits per heavy atom. The Morgan fingerprint density at radius 2 is 1.42 bits per heavy atom. The molecule has 78 heavy (non-hydrogen) atoms. The van der Waals surface area contributed by atoms with Crippen molar-refractivity contribution < 1.29 is 42.7 Å². The van der Waals surface area contributed by atoms with Gasteiger partial charge in [0.05, 0.1) is 42.2 Å². The molecule has 2 aliphatic heterocycles. The van der Waals surface area contributed by atoms with Crippen LogP contribution in [-0.4, -0.2) is 131 Å². The van der Waals surface area contributed by atoms with Gasteiger partial charge in [-0.1, -0.05) is 158 Å². The fourth-order valence-electron chi connectivity index (χ4n) is 10.4. The van der Waals surface area contributed by atoms with Gasteiger partial charge in [0, 0.05) is 51.1 Å². The van der Waals surface area contributed by atoms with E-state index in [4.69, 9.17) is 13.9 Å². The van der Waals surface area contributed by atoms with Crippen molar-refractivity contribution in [1.82, 2.24) is 30.2 Å². The Labute approximate surface area is 470 Å². The molecule has 1 aromatic heterocycles. The number of imide groups is 1. The van der Waals surface area contributed by atoms with Crippen LogP contribution in [0.5, 0.6) is 0 Å². The van der Waals surface area contributed by atoms with E-state index in [0.29, 0.717) is 43.0 Å². The molecule has 2 aliphatic rings. The zero-order chi connectivity index (χ0) is 58.9. The third-order valence-corrected chi connectivity index (χ3v) is 15.6. The molecule has 5 rings (SSSR count). The van der Waals surface area contributed by atoms with Crippen LogP contribution in [-0.2, 0) is 44.7 Å². The summed E-state index contributed by atoms with van der Waals surface area (Å²) >= 11 is 0. The predicted molar refractivity (Wildman–Crippen MR) is 311 cm³/mol. The van der Waals surface area contributed by atoms with E-state index in [1.807, 2.05) is 123 Å². The highest BCUT2D eigenvalue weighted by Crippen LogP contribution is 2.33. The van der Waals surface area contributed by atoms with Gasteiger partial charge >= 0.3 is 0 Å². The molecule has 0 spiro atoms. The minimum atomic E-state index is -0.566. The lowest BCUT2D eigenvalue weighted by atomic mass is 9.87. The first-order valence-electron chi connectivity index (χ1n) is 29.0. The zero-order valence-corrected chi connectivity index (χ0v) is 51.2. The number of hydrogen-bond donors (Lipinski definition) is 1. The predicted octanol–water partition coefficient (Wildman–Crippen LogP) is 11.4. The maximum absolute atomic E-state index is 13.0. The SMILES string of the molecule is CC.CC(=O)[C@@H](NC(=O)C(C(C)C)N(C)CCCCCCN1C(=O)CC(C)(C)C1=O)C(C)C.CC(Cc1ccccc1)c1nnc(-c2ccccc2)o1.CCC(C)C(C)C(CC(=O)N1CCCC1C(OC)C(C)C(C)=O)OC.